The summed E-state index contributed by atoms with van der Waals surface area (Å²) in [4.78, 5) is 0. The largest absolute Gasteiger partial charge is 0.454 e. The fraction of sp³-hybridized carbons (Fsp3) is 0.189. The summed E-state index contributed by atoms with van der Waals surface area (Å²) < 4.78 is 65.8. The number of nitriles is 1. The third-order valence-electron chi connectivity index (χ3n) is 7.58. The van der Waals surface area contributed by atoms with E-state index < -0.39 is 18.1 Å². The number of pyridine rings is 1. The molecule has 0 fully saturated rings. The molecule has 41 heavy (non-hydrogen) atoms. The number of aryl methyl sites for hydroxylation is 2. The van der Waals surface area contributed by atoms with Gasteiger partial charge in [-0.2, -0.15) is 9.83 Å². The molecule has 202 valence electrons. The zero-order chi connectivity index (χ0) is 33.3. The molecule has 0 spiro atoms. The van der Waals surface area contributed by atoms with E-state index in [9.17, 15) is 5.26 Å². The van der Waals surface area contributed by atoms with Crippen LogP contribution in [0.25, 0.3) is 55.4 Å². The van der Waals surface area contributed by atoms with Gasteiger partial charge >= 0.3 is 0 Å². The molecule has 6 rings (SSSR count). The SMILES string of the molecule is [2H]c1c(C(C)(C)C)c(F)c([2H])[n+](C)c1-c1c(C)ccc2c1oc1c(-c3ccc(C([2H])([2H])[2H])c(-c4ccccc4)c3)c(C#N)ccc12. The number of nitrogens with zero attached hydrogens (tertiary/aromatic N) is 2. The molecule has 0 atom stereocenters. The van der Waals surface area contributed by atoms with Crippen molar-refractivity contribution >= 4 is 21.9 Å². The summed E-state index contributed by atoms with van der Waals surface area (Å²) in [6.07, 6.45) is -0.335. The number of fused-ring (bicyclic) bond motifs is 3. The van der Waals surface area contributed by atoms with Crippen molar-refractivity contribution in [3.8, 4) is 39.6 Å². The van der Waals surface area contributed by atoms with E-state index in [0.29, 0.717) is 44.7 Å². The maximum Gasteiger partial charge on any atom is 0.216 e. The van der Waals surface area contributed by atoms with Gasteiger partial charge in [0.25, 0.3) is 0 Å². The van der Waals surface area contributed by atoms with Crippen LogP contribution < -0.4 is 4.57 Å². The highest BCUT2D eigenvalue weighted by atomic mass is 19.1. The molecule has 4 heteroatoms. The van der Waals surface area contributed by atoms with Crippen LogP contribution in [0, 0.1) is 30.9 Å². The first-order valence-electron chi connectivity index (χ1n) is 15.9. The van der Waals surface area contributed by atoms with E-state index >= 15 is 4.39 Å². The summed E-state index contributed by atoms with van der Waals surface area (Å²) in [6.45, 7) is 4.97. The lowest BCUT2D eigenvalue weighted by Crippen LogP contribution is -2.33. The van der Waals surface area contributed by atoms with Gasteiger partial charge in [0.1, 0.15) is 19.6 Å². The minimum Gasteiger partial charge on any atom is -0.454 e. The number of furan rings is 1. The van der Waals surface area contributed by atoms with Crippen LogP contribution in [-0.4, -0.2) is 0 Å². The van der Waals surface area contributed by atoms with Gasteiger partial charge in [-0.1, -0.05) is 75.4 Å². The van der Waals surface area contributed by atoms with Gasteiger partial charge in [0.15, 0.2) is 5.82 Å². The van der Waals surface area contributed by atoms with Crippen molar-refractivity contribution in [2.45, 2.75) is 40.0 Å². The second kappa shape index (κ2) is 9.71. The lowest BCUT2D eigenvalue weighted by Gasteiger charge is -2.19. The zero-order valence-corrected chi connectivity index (χ0v) is 23.6. The summed E-state index contributed by atoms with van der Waals surface area (Å²) in [6, 6.07) is 24.0. The maximum absolute atomic E-state index is 15.5. The first kappa shape index (κ1) is 21.1. The Bertz CT molecular complexity index is 2240. The number of hydrogen-bond acceptors (Lipinski definition) is 2. The van der Waals surface area contributed by atoms with Crippen molar-refractivity contribution in [1.82, 2.24) is 0 Å². The van der Waals surface area contributed by atoms with E-state index in [1.165, 1.54) is 4.57 Å². The second-order valence-electron chi connectivity index (χ2n) is 11.4. The first-order chi connectivity index (χ1) is 21.6. The molecule has 0 amide bonds. The lowest BCUT2D eigenvalue weighted by molar-refractivity contribution is -0.662. The van der Waals surface area contributed by atoms with Crippen molar-refractivity contribution in [3.05, 3.63) is 113 Å². The van der Waals surface area contributed by atoms with Crippen LogP contribution in [0.1, 0.15) is 49.9 Å². The van der Waals surface area contributed by atoms with Gasteiger partial charge < -0.3 is 4.42 Å². The average Bonchev–Trinajstić information content (AvgIpc) is 3.38. The van der Waals surface area contributed by atoms with Crippen molar-refractivity contribution in [1.29, 1.82) is 5.26 Å². The Hall–Kier alpha value is -4.75. The molecule has 0 aliphatic carbocycles. The van der Waals surface area contributed by atoms with Crippen molar-refractivity contribution in [2.24, 2.45) is 7.05 Å². The summed E-state index contributed by atoms with van der Waals surface area (Å²) in [7, 11) is 1.57. The standard InChI is InChI=1S/C37H32FN2O/c1-22-12-14-25(18-29(22)24-10-8-7-9-11-24)34-26(20-39)15-17-28-27-16-13-23(2)33(35(27)41-36(28)34)32-19-30(37(3,4)5)31(38)21-40(32)6/h7-19,21H,1-6H3/q+1/i1D3,19D,21D. The highest BCUT2D eigenvalue weighted by Crippen LogP contribution is 2.43. The molecule has 0 aliphatic rings. The third-order valence-corrected chi connectivity index (χ3v) is 7.58. The molecule has 0 saturated heterocycles. The maximum atomic E-state index is 15.5. The monoisotopic (exact) mass is 544 g/mol. The number of halogens is 1. The molecule has 0 saturated carbocycles. The molecule has 0 aliphatic heterocycles. The Balaban J connectivity index is 1.71. The highest BCUT2D eigenvalue weighted by molar-refractivity contribution is 6.14. The Morgan fingerprint density at radius 1 is 0.902 bits per heavy atom. The van der Waals surface area contributed by atoms with Crippen LogP contribution in [0.5, 0.6) is 0 Å². The molecule has 2 aromatic heterocycles. The average molecular weight is 545 g/mol. The molecule has 4 aromatic carbocycles. The predicted molar refractivity (Wildman–Crippen MR) is 164 cm³/mol. The van der Waals surface area contributed by atoms with Crippen molar-refractivity contribution in [2.75, 3.05) is 0 Å². The summed E-state index contributed by atoms with van der Waals surface area (Å²) in [5, 5.41) is 11.7. The van der Waals surface area contributed by atoms with E-state index in [1.807, 2.05) is 76.2 Å². The number of rotatable bonds is 3. The van der Waals surface area contributed by atoms with Crippen LogP contribution in [0.15, 0.2) is 89.4 Å². The smallest absolute Gasteiger partial charge is 0.216 e. The molecule has 0 radical (unpaired) electrons. The van der Waals surface area contributed by atoms with Crippen LogP contribution in [0.2, 0.25) is 0 Å². The van der Waals surface area contributed by atoms with Crippen LogP contribution in [0.4, 0.5) is 4.39 Å². The van der Waals surface area contributed by atoms with Gasteiger partial charge in [-0.15, -0.1) is 0 Å². The van der Waals surface area contributed by atoms with E-state index in [2.05, 4.69) is 6.07 Å². The molecule has 6 aromatic rings. The molecule has 2 heterocycles. The molecular weight excluding hydrogens is 507 g/mol. The van der Waals surface area contributed by atoms with Gasteiger partial charge in [0, 0.05) is 32.1 Å². The summed E-state index contributed by atoms with van der Waals surface area (Å²) in [5.41, 5.74) is 4.92. The molecule has 3 nitrogen and oxygen atoms in total. The molecule has 0 unspecified atom stereocenters. The Morgan fingerprint density at radius 2 is 1.59 bits per heavy atom. The van der Waals surface area contributed by atoms with E-state index in [4.69, 9.17) is 11.3 Å². The Kier molecular flexibility index (Phi) is 4.99. The topological polar surface area (TPSA) is 40.8 Å². The summed E-state index contributed by atoms with van der Waals surface area (Å²) in [5.74, 6) is -0.728. The number of hydrogen-bond donors (Lipinski definition) is 0. The minimum absolute atomic E-state index is 0.0229. The van der Waals surface area contributed by atoms with Crippen molar-refractivity contribution in [3.63, 3.8) is 0 Å². The van der Waals surface area contributed by atoms with Crippen molar-refractivity contribution < 1.29 is 20.2 Å². The highest BCUT2D eigenvalue weighted by Gasteiger charge is 2.28. The first-order valence-corrected chi connectivity index (χ1v) is 13.4. The number of aromatic nitrogens is 1. The molecule has 0 bridgehead atoms. The molecule has 0 N–H and O–H groups in total. The van der Waals surface area contributed by atoms with Gasteiger partial charge in [-0.05, 0) is 65.2 Å². The van der Waals surface area contributed by atoms with E-state index in [-0.39, 0.29) is 23.3 Å². The quantitative estimate of drug-likeness (QED) is 0.208. The predicted octanol–water partition coefficient (Wildman–Crippen LogP) is 9.34. The van der Waals surface area contributed by atoms with E-state index in [1.54, 1.807) is 31.3 Å². The van der Waals surface area contributed by atoms with E-state index in [0.717, 1.165) is 21.9 Å². The van der Waals surface area contributed by atoms with Crippen LogP contribution in [-0.2, 0) is 12.5 Å². The van der Waals surface area contributed by atoms with Gasteiger partial charge in [-0.3, -0.25) is 0 Å². The number of benzene rings is 4. The minimum atomic E-state index is -2.36. The fourth-order valence-corrected chi connectivity index (χ4v) is 5.50. The Labute approximate surface area is 247 Å². The van der Waals surface area contributed by atoms with Gasteiger partial charge in [0.05, 0.1) is 18.6 Å². The fourth-order valence-electron chi connectivity index (χ4n) is 5.50. The summed E-state index contributed by atoms with van der Waals surface area (Å²) >= 11 is 0. The van der Waals surface area contributed by atoms with Gasteiger partial charge in [-0.25, -0.2) is 4.39 Å². The second-order valence-corrected chi connectivity index (χ2v) is 11.4. The van der Waals surface area contributed by atoms with Crippen LogP contribution in [0.3, 0.4) is 0 Å². The lowest BCUT2D eigenvalue weighted by atomic mass is 9.86. The third kappa shape index (κ3) is 4.39. The zero-order valence-electron chi connectivity index (χ0n) is 28.6. The normalized spacial score (nSPS) is 13.8. The van der Waals surface area contributed by atoms with Crippen LogP contribution >= 0.6 is 0 Å². The molecular formula is C37H32FN2O+. The van der Waals surface area contributed by atoms with Gasteiger partial charge in [0.2, 0.25) is 11.9 Å². The Morgan fingerprint density at radius 3 is 2.27 bits per heavy atom.